The molecule has 5 rings (SSSR count). The summed E-state index contributed by atoms with van der Waals surface area (Å²) in [6, 6.07) is 18.8. The summed E-state index contributed by atoms with van der Waals surface area (Å²) in [7, 11) is 3.10. The predicted molar refractivity (Wildman–Crippen MR) is 199 cm³/mol. The molecule has 55 heavy (non-hydrogen) atoms. The maximum atomic E-state index is 12.7. The van der Waals surface area contributed by atoms with Gasteiger partial charge in [0.2, 0.25) is 0 Å². The van der Waals surface area contributed by atoms with Crippen LogP contribution in [0.1, 0.15) is 46.6 Å². The van der Waals surface area contributed by atoms with Gasteiger partial charge in [0.05, 0.1) is 47.3 Å². The summed E-state index contributed by atoms with van der Waals surface area (Å²) in [5.74, 6) is 0.765. The van der Waals surface area contributed by atoms with E-state index in [1.54, 1.807) is 67.8 Å². The molecule has 0 saturated carbocycles. The topological polar surface area (TPSA) is 233 Å². The van der Waals surface area contributed by atoms with Crippen LogP contribution in [-0.4, -0.2) is 87.5 Å². The van der Waals surface area contributed by atoms with E-state index in [9.17, 15) is 13.6 Å². The molecule has 16 nitrogen and oxygen atoms in total. The number of alkyl halides is 2. The van der Waals surface area contributed by atoms with Gasteiger partial charge in [-0.15, -0.1) is 9.78 Å². The maximum Gasteiger partial charge on any atom is 0.350 e. The molecule has 3 aromatic carbocycles. The van der Waals surface area contributed by atoms with Crippen molar-refractivity contribution in [3.63, 3.8) is 0 Å². The van der Waals surface area contributed by atoms with Crippen molar-refractivity contribution in [1.82, 2.24) is 24.7 Å². The molecule has 0 amide bonds. The number of anilines is 1. The molecular weight excluding hydrogens is 722 g/mol. The summed E-state index contributed by atoms with van der Waals surface area (Å²) in [4.78, 5) is 32.7. The Labute approximate surface area is 315 Å². The van der Waals surface area contributed by atoms with Crippen LogP contribution in [0.15, 0.2) is 83.9 Å². The Morgan fingerprint density at radius 1 is 0.927 bits per heavy atom. The molecule has 0 aliphatic rings. The van der Waals surface area contributed by atoms with Crippen molar-refractivity contribution >= 4 is 17.5 Å². The van der Waals surface area contributed by atoms with Gasteiger partial charge in [-0.05, 0) is 76.9 Å². The number of nitrogens with two attached hydrogens (primary N) is 1. The number of carboxylic acids is 1. The van der Waals surface area contributed by atoms with E-state index in [1.807, 2.05) is 6.07 Å². The zero-order chi connectivity index (χ0) is 40.2. The third-order valence-corrected chi connectivity index (χ3v) is 7.14. The molecule has 7 N–H and O–H groups in total. The number of carbonyl (C=O) groups is 1. The molecule has 1 atom stereocenters. The number of aliphatic hydroxyl groups is 1. The van der Waals surface area contributed by atoms with Crippen molar-refractivity contribution in [2.45, 2.75) is 32.8 Å². The Balaban J connectivity index is 0.000000354. The molecule has 0 saturated heterocycles. The summed E-state index contributed by atoms with van der Waals surface area (Å²) >= 11 is 0. The third-order valence-electron chi connectivity index (χ3n) is 7.14. The Morgan fingerprint density at radius 2 is 1.47 bits per heavy atom. The van der Waals surface area contributed by atoms with Crippen LogP contribution in [-0.2, 0) is 34.1 Å². The van der Waals surface area contributed by atoms with Crippen LogP contribution in [0.2, 0.25) is 0 Å². The number of aromatic amines is 1. The number of nitrogens with one attached hydrogen (secondary N) is 3. The fraction of sp³-hybridized carbons (Fsp3) is 0.297. The largest absolute Gasteiger partial charge is 0.497 e. The van der Waals surface area contributed by atoms with Crippen LogP contribution in [0.3, 0.4) is 0 Å². The minimum Gasteiger partial charge on any atom is -0.497 e. The van der Waals surface area contributed by atoms with E-state index in [1.165, 1.54) is 19.5 Å². The van der Waals surface area contributed by atoms with Gasteiger partial charge in [0.15, 0.2) is 5.82 Å². The standard InChI is InChI=1S/C24H25FN8O3.C11H15FO3.C2H4O2/c1-35-19-12-15(14-36-10-7-25)11-17(13-19)20(30-18-5-3-16(4-6-18)21(26)27)22-31-24(34)33(32-22)23-28-8-2-9-29-23;1-14-11-5-9(7-13)4-10(6-11)8-15-3-2-12;1-2(3)4/h2-6,8-9,11-13,20,30H,7,10,14H2,1H3,(H3,26,27)(H,31,32,34);4-6,13H,2-3,7-8H2,1H3;1H3,(H,3,4)/t20-;;/m0../s1. The molecule has 294 valence electrons. The van der Waals surface area contributed by atoms with Crippen molar-refractivity contribution in [3.8, 4) is 17.4 Å². The lowest BCUT2D eigenvalue weighted by Crippen LogP contribution is -2.18. The van der Waals surface area contributed by atoms with Crippen molar-refractivity contribution in [2.75, 3.05) is 46.1 Å². The number of aliphatic hydroxyl groups excluding tert-OH is 1. The number of aromatic nitrogens is 5. The van der Waals surface area contributed by atoms with E-state index in [4.69, 9.17) is 45.1 Å². The number of ether oxygens (including phenoxy) is 4. The Hall–Kier alpha value is -6.24. The highest BCUT2D eigenvalue weighted by atomic mass is 19.1. The molecule has 0 spiro atoms. The minimum absolute atomic E-state index is 0.0223. The van der Waals surface area contributed by atoms with Crippen LogP contribution in [0.25, 0.3) is 5.95 Å². The first-order valence-electron chi connectivity index (χ1n) is 16.6. The van der Waals surface area contributed by atoms with Crippen molar-refractivity contribution in [2.24, 2.45) is 5.73 Å². The first-order chi connectivity index (χ1) is 26.5. The van der Waals surface area contributed by atoms with E-state index in [0.29, 0.717) is 40.7 Å². The van der Waals surface area contributed by atoms with Gasteiger partial charge in [-0.1, -0.05) is 12.1 Å². The highest BCUT2D eigenvalue weighted by molar-refractivity contribution is 5.95. The molecule has 2 heterocycles. The smallest absolute Gasteiger partial charge is 0.350 e. The predicted octanol–water partition coefficient (Wildman–Crippen LogP) is 4.10. The van der Waals surface area contributed by atoms with Gasteiger partial charge in [-0.25, -0.2) is 23.5 Å². The number of H-pyrrole nitrogens is 1. The minimum atomic E-state index is -0.833. The van der Waals surface area contributed by atoms with Crippen molar-refractivity contribution < 1.29 is 42.7 Å². The highest BCUT2D eigenvalue weighted by Gasteiger charge is 2.22. The van der Waals surface area contributed by atoms with E-state index < -0.39 is 31.1 Å². The molecule has 0 bridgehead atoms. The fourth-order valence-corrected chi connectivity index (χ4v) is 4.79. The van der Waals surface area contributed by atoms with E-state index in [0.717, 1.165) is 28.3 Å². The van der Waals surface area contributed by atoms with Gasteiger partial charge in [0, 0.05) is 30.6 Å². The summed E-state index contributed by atoms with van der Waals surface area (Å²) in [6.45, 7) is 0.532. The number of benzene rings is 3. The summed E-state index contributed by atoms with van der Waals surface area (Å²) in [5, 5.41) is 31.8. The summed E-state index contributed by atoms with van der Waals surface area (Å²) in [6.07, 6.45) is 3.03. The summed E-state index contributed by atoms with van der Waals surface area (Å²) in [5.41, 5.74) is 9.41. The SMILES string of the molecule is CC(=O)O.COc1cc(CO)cc(COCCF)c1.COc1cc(COCCF)cc([C@H](Nc2ccc(C(=N)N)cc2)c2nn(-c3ncccn3)c(=O)[nH]2)c1. The number of aliphatic carboxylic acids is 1. The Morgan fingerprint density at radius 3 is 2.00 bits per heavy atom. The van der Waals surface area contributed by atoms with Gasteiger partial charge in [0.25, 0.3) is 11.9 Å². The van der Waals surface area contributed by atoms with Crippen molar-refractivity contribution in [3.05, 3.63) is 123 Å². The van der Waals surface area contributed by atoms with Crippen LogP contribution in [0.5, 0.6) is 11.5 Å². The molecule has 18 heteroatoms. The average Bonchev–Trinajstić information content (AvgIpc) is 3.58. The van der Waals surface area contributed by atoms with Crippen LogP contribution >= 0.6 is 0 Å². The van der Waals surface area contributed by atoms with E-state index in [2.05, 4.69) is 25.4 Å². The number of nitrogens with zero attached hydrogens (tertiary/aromatic N) is 4. The van der Waals surface area contributed by atoms with Crippen LogP contribution < -0.4 is 26.2 Å². The summed E-state index contributed by atoms with van der Waals surface area (Å²) < 4.78 is 46.4. The number of rotatable bonds is 17. The lowest BCUT2D eigenvalue weighted by molar-refractivity contribution is -0.134. The third kappa shape index (κ3) is 14.3. The van der Waals surface area contributed by atoms with Gasteiger partial charge >= 0.3 is 5.69 Å². The van der Waals surface area contributed by atoms with E-state index >= 15 is 0 Å². The second-order valence-corrected chi connectivity index (χ2v) is 11.3. The Bertz CT molecular complexity index is 1970. The van der Waals surface area contributed by atoms with Gasteiger partial charge in [-0.3, -0.25) is 15.2 Å². The molecule has 5 aromatic rings. The van der Waals surface area contributed by atoms with Crippen LogP contribution in [0, 0.1) is 5.41 Å². The zero-order valence-corrected chi connectivity index (χ0v) is 30.5. The molecule has 0 unspecified atom stereocenters. The highest BCUT2D eigenvalue weighted by Crippen LogP contribution is 2.29. The molecular formula is C37H44F2N8O8. The first-order valence-corrected chi connectivity index (χ1v) is 16.6. The molecule has 0 aliphatic carbocycles. The van der Waals surface area contributed by atoms with Gasteiger partial charge in [0.1, 0.15) is 36.7 Å². The van der Waals surface area contributed by atoms with Crippen molar-refractivity contribution in [1.29, 1.82) is 5.41 Å². The monoisotopic (exact) mass is 766 g/mol. The second kappa shape index (κ2) is 22.7. The number of hydrogen-bond acceptors (Lipinski definition) is 12. The lowest BCUT2D eigenvalue weighted by Gasteiger charge is -2.20. The normalized spacial score (nSPS) is 10.9. The lowest BCUT2D eigenvalue weighted by atomic mass is 10.0. The number of nitrogen functional groups attached to an aromatic ring is 1. The molecule has 2 aromatic heterocycles. The van der Waals surface area contributed by atoms with Gasteiger partial charge in [-0.2, -0.15) is 0 Å². The number of halogens is 2. The molecule has 0 radical (unpaired) electrons. The molecule has 0 aliphatic heterocycles. The zero-order valence-electron chi connectivity index (χ0n) is 30.5. The van der Waals surface area contributed by atoms with Gasteiger partial charge < -0.3 is 40.2 Å². The number of amidine groups is 1. The number of methoxy groups -OCH3 is 2. The number of carboxylic acid groups (broad SMARTS) is 1. The van der Waals surface area contributed by atoms with E-state index in [-0.39, 0.29) is 38.2 Å². The average molecular weight is 767 g/mol. The number of hydrogen-bond donors (Lipinski definition) is 6. The fourth-order valence-electron chi connectivity index (χ4n) is 4.79. The first kappa shape index (κ1) is 43.2. The maximum absolute atomic E-state index is 12.7. The second-order valence-electron chi connectivity index (χ2n) is 11.3. The quantitative estimate of drug-likeness (QED) is 0.0445. The van der Waals surface area contributed by atoms with Crippen LogP contribution in [0.4, 0.5) is 14.5 Å². The molecule has 0 fully saturated rings. The Kier molecular flexibility index (Phi) is 17.9.